The number of nitrogens with two attached hydrogens (primary N) is 2. The molecule has 1 fully saturated rings. The van der Waals surface area contributed by atoms with E-state index < -0.39 is 64.6 Å². The molecule has 0 radical (unpaired) electrons. The van der Waals surface area contributed by atoms with E-state index in [-0.39, 0.29) is 41.7 Å². The van der Waals surface area contributed by atoms with Gasteiger partial charge in [-0.1, -0.05) is 32.9 Å². The van der Waals surface area contributed by atoms with E-state index in [0.717, 1.165) is 122 Å². The Labute approximate surface area is 674 Å². The number of nitriles is 2. The van der Waals surface area contributed by atoms with Crippen LogP contribution in [0.15, 0.2) is 194 Å². The summed E-state index contributed by atoms with van der Waals surface area (Å²) in [6, 6.07) is 45.7. The van der Waals surface area contributed by atoms with Crippen LogP contribution in [0.1, 0.15) is 160 Å². The fourth-order valence-electron chi connectivity index (χ4n) is 11.6. The van der Waals surface area contributed by atoms with Crippen LogP contribution in [0.25, 0.3) is 0 Å². The summed E-state index contributed by atoms with van der Waals surface area (Å²) in [4.78, 5) is 69.1. The number of anilines is 5. The number of benzene rings is 9. The lowest BCUT2D eigenvalue weighted by molar-refractivity contribution is -0.138. The Morgan fingerprint density at radius 2 is 0.752 bits per heavy atom. The van der Waals surface area contributed by atoms with E-state index in [9.17, 15) is 89.8 Å². The Kier molecular flexibility index (Phi) is 33.9. The average molecular weight is 1660 g/mol. The van der Waals surface area contributed by atoms with Gasteiger partial charge in [0.25, 0.3) is 23.6 Å². The summed E-state index contributed by atoms with van der Waals surface area (Å²) >= 11 is 0. The molecule has 5 N–H and O–H groups in total. The SMILES string of the molecule is Cc1cc(C(=O)N(C)c2ccc(C(F)(F)F)cc2)ccc1C#N.Cc1cc(C(=O)N(C)c2ccc(C(F)(F)F)cc2)ccc1CCC(=O)C1CCN(CCC(C)(C)C)CC1.Cc1cc(C(=O)N(C)c2ccc(C(F)(F)F)cc2)ccc1CN.Cc1cc(C(=O)Nc2ccc(C(F)(F)F)cc2)ccc1C#N.Cl.Nc1ccc(C(F)(F)F)cc1. The third-order valence-corrected chi connectivity index (χ3v) is 18.8. The van der Waals surface area contributed by atoms with Gasteiger partial charge in [-0.3, -0.25) is 24.0 Å². The number of carbonyl (C=O) groups is 5. The summed E-state index contributed by atoms with van der Waals surface area (Å²) in [5.41, 5.74) is 16.8. The molecule has 1 heterocycles. The number of nitrogens with zero attached hydrogens (tertiary/aromatic N) is 6. The molecular weight excluding hydrogens is 1570 g/mol. The van der Waals surface area contributed by atoms with Gasteiger partial charge in [0.2, 0.25) is 0 Å². The van der Waals surface area contributed by atoms with E-state index in [2.05, 4.69) is 31.0 Å². The van der Waals surface area contributed by atoms with Crippen molar-refractivity contribution in [1.29, 1.82) is 10.5 Å². The summed E-state index contributed by atoms with van der Waals surface area (Å²) in [5.74, 6) is -0.966. The van der Waals surface area contributed by atoms with Gasteiger partial charge in [-0.2, -0.15) is 76.4 Å². The number of hydrogen-bond acceptors (Lipinski definition) is 10. The number of rotatable bonds is 15. The quantitative estimate of drug-likeness (QED) is 0.0653. The molecule has 14 nitrogen and oxygen atoms in total. The molecule has 9 aromatic rings. The summed E-state index contributed by atoms with van der Waals surface area (Å²) in [7, 11) is 4.55. The number of nitrogens with one attached hydrogen (secondary N) is 1. The number of piperidine rings is 1. The van der Waals surface area contributed by atoms with E-state index in [1.165, 1.54) is 108 Å². The maximum atomic E-state index is 12.9. The molecular formula is C87H87ClF15N9O5. The van der Waals surface area contributed by atoms with Gasteiger partial charge >= 0.3 is 30.9 Å². The van der Waals surface area contributed by atoms with Crippen molar-refractivity contribution in [2.24, 2.45) is 17.1 Å². The fourth-order valence-corrected chi connectivity index (χ4v) is 11.6. The maximum Gasteiger partial charge on any atom is 0.416 e. The van der Waals surface area contributed by atoms with Crippen molar-refractivity contribution in [2.45, 2.75) is 118 Å². The lowest BCUT2D eigenvalue weighted by Gasteiger charge is -2.33. The van der Waals surface area contributed by atoms with Crippen LogP contribution < -0.4 is 31.5 Å². The summed E-state index contributed by atoms with van der Waals surface area (Å²) < 4.78 is 187. The average Bonchev–Trinajstić information content (AvgIpc) is 0.824. The highest BCUT2D eigenvalue weighted by atomic mass is 35.5. The highest BCUT2D eigenvalue weighted by molar-refractivity contribution is 6.08. The highest BCUT2D eigenvalue weighted by Crippen LogP contribution is 2.36. The first-order valence-corrected chi connectivity index (χ1v) is 36.0. The van der Waals surface area contributed by atoms with E-state index in [1.807, 2.05) is 32.1 Å². The molecule has 1 aliphatic rings. The third kappa shape index (κ3) is 28.7. The Bertz CT molecular complexity index is 4950. The van der Waals surface area contributed by atoms with Gasteiger partial charge in [-0.15, -0.1) is 12.4 Å². The zero-order chi connectivity index (χ0) is 86.6. The molecule has 10 rings (SSSR count). The molecule has 622 valence electrons. The van der Waals surface area contributed by atoms with Crippen LogP contribution in [0.3, 0.4) is 0 Å². The van der Waals surface area contributed by atoms with Gasteiger partial charge in [-0.05, 0) is 294 Å². The van der Waals surface area contributed by atoms with Crippen molar-refractivity contribution in [1.82, 2.24) is 4.90 Å². The van der Waals surface area contributed by atoms with Crippen molar-refractivity contribution in [3.05, 3.63) is 289 Å². The summed E-state index contributed by atoms with van der Waals surface area (Å²) in [5, 5.41) is 20.2. The molecule has 4 amide bonds. The molecule has 0 aliphatic carbocycles. The molecule has 9 aromatic carbocycles. The molecule has 0 aromatic heterocycles. The number of aryl methyl sites for hydroxylation is 5. The van der Waals surface area contributed by atoms with E-state index in [4.69, 9.17) is 22.0 Å². The maximum absolute atomic E-state index is 12.9. The fraction of sp³-hybridized carbons (Fsp3) is 0.299. The number of amides is 4. The van der Waals surface area contributed by atoms with Gasteiger partial charge in [0, 0.05) is 90.7 Å². The topological polar surface area (TPSA) is 210 Å². The predicted molar refractivity (Wildman–Crippen MR) is 424 cm³/mol. The van der Waals surface area contributed by atoms with E-state index >= 15 is 0 Å². The van der Waals surface area contributed by atoms with Gasteiger partial charge in [0.05, 0.1) is 51.1 Å². The number of halogens is 16. The molecule has 1 saturated heterocycles. The molecule has 117 heavy (non-hydrogen) atoms. The third-order valence-electron chi connectivity index (χ3n) is 18.8. The van der Waals surface area contributed by atoms with Crippen LogP contribution in [0, 0.1) is 61.7 Å². The molecule has 1 aliphatic heterocycles. The van der Waals surface area contributed by atoms with Gasteiger partial charge in [-0.25, -0.2) is 0 Å². The van der Waals surface area contributed by atoms with Gasteiger partial charge in [0.1, 0.15) is 5.78 Å². The van der Waals surface area contributed by atoms with Crippen LogP contribution in [-0.2, 0) is 48.6 Å². The minimum Gasteiger partial charge on any atom is -0.399 e. The van der Waals surface area contributed by atoms with Crippen molar-refractivity contribution in [3.8, 4) is 12.1 Å². The second kappa shape index (κ2) is 41.3. The molecule has 0 atom stereocenters. The van der Waals surface area contributed by atoms with E-state index in [1.54, 1.807) is 69.4 Å². The predicted octanol–water partition coefficient (Wildman–Crippen LogP) is 21.7. The number of carbonyl (C=O) groups excluding carboxylic acids is 5. The number of Topliss-reactive ketones (excluding diaryl/α,β-unsaturated/α-hetero) is 1. The first-order chi connectivity index (χ1) is 54.0. The van der Waals surface area contributed by atoms with Gasteiger partial charge < -0.3 is 36.4 Å². The Morgan fingerprint density at radius 3 is 1.07 bits per heavy atom. The number of ketones is 1. The molecule has 0 unspecified atom stereocenters. The monoisotopic (exact) mass is 1660 g/mol. The molecule has 0 bridgehead atoms. The first kappa shape index (κ1) is 96.1. The van der Waals surface area contributed by atoms with Crippen molar-refractivity contribution >= 4 is 70.3 Å². The van der Waals surface area contributed by atoms with Crippen molar-refractivity contribution in [3.63, 3.8) is 0 Å². The van der Waals surface area contributed by atoms with Crippen LogP contribution in [0.5, 0.6) is 0 Å². The number of hydrogen-bond donors (Lipinski definition) is 3. The number of likely N-dealkylation sites (tertiary alicyclic amines) is 1. The molecule has 0 saturated carbocycles. The largest absolute Gasteiger partial charge is 0.416 e. The zero-order valence-corrected chi connectivity index (χ0v) is 66.2. The van der Waals surface area contributed by atoms with E-state index in [0.29, 0.717) is 97.8 Å². The zero-order valence-electron chi connectivity index (χ0n) is 65.4. The standard InChI is InChI=1S/C30H39F3N2O2.C17H17F3N2O.C17H13F3N2O.C16H11F3N2O.C7H6F3N.ClH/c1-21-20-24(28(37)34(5)26-11-9-25(10-12-26)30(31,32)33)7-6-22(21)8-13-27(36)23-14-17-35(18-15-23)19-16-29(2,3)4;2*1-11-9-12(3-4-13(11)10-21)16(23)22(2)15-7-5-14(6-8-15)17(18,19)20;1-10-8-11(2-3-12(10)9-20)15(22)21-14-6-4-13(5-7-14)16(17,18)19;8-7(9,10)5-1-3-6(11)4-2-5;/h6-7,9-12,20,23H,8,13-19H2,1-5H3;3-9H,10,21H2,1-2H3;3-9H,1-2H3;2-8H,1H3,(H,21,22);1-4H,11H2;1H. The van der Waals surface area contributed by atoms with Crippen LogP contribution in [0.4, 0.5) is 94.3 Å². The lowest BCUT2D eigenvalue weighted by atomic mass is 9.87. The minimum atomic E-state index is -4.42. The summed E-state index contributed by atoms with van der Waals surface area (Å²) in [6.07, 6.45) is -17.8. The summed E-state index contributed by atoms with van der Waals surface area (Å²) in [6.45, 7) is 17.4. The second-order valence-corrected chi connectivity index (χ2v) is 28.5. The molecule has 30 heteroatoms. The highest BCUT2D eigenvalue weighted by Gasteiger charge is 2.35. The second-order valence-electron chi connectivity index (χ2n) is 28.5. The Hall–Kier alpha value is -11.5. The van der Waals surface area contributed by atoms with Crippen LogP contribution >= 0.6 is 12.4 Å². The molecule has 0 spiro atoms. The Balaban J connectivity index is 0.000000271. The normalized spacial score (nSPS) is 12.4. The lowest BCUT2D eigenvalue weighted by Crippen LogP contribution is -2.38. The van der Waals surface area contributed by atoms with Gasteiger partial charge in [0.15, 0.2) is 0 Å². The number of nitrogen functional groups attached to an aromatic ring is 1. The first-order valence-electron chi connectivity index (χ1n) is 36.0. The minimum absolute atomic E-state index is 0. The Morgan fingerprint density at radius 1 is 0.444 bits per heavy atom. The van der Waals surface area contributed by atoms with Crippen LogP contribution in [-0.4, -0.2) is 75.1 Å². The smallest absolute Gasteiger partial charge is 0.399 e. The van der Waals surface area contributed by atoms with Crippen LogP contribution in [0.2, 0.25) is 0 Å². The number of alkyl halides is 15. The van der Waals surface area contributed by atoms with Crippen molar-refractivity contribution < 1.29 is 89.8 Å². The van der Waals surface area contributed by atoms with Crippen molar-refractivity contribution in [2.75, 3.05) is 66.5 Å².